The summed E-state index contributed by atoms with van der Waals surface area (Å²) in [7, 11) is 1.44. The summed E-state index contributed by atoms with van der Waals surface area (Å²) in [5.74, 6) is 3.87. The van der Waals surface area contributed by atoms with Gasteiger partial charge in [0.2, 0.25) is 17.7 Å². The first kappa shape index (κ1) is 51.0. The quantitative estimate of drug-likeness (QED) is 0.0805. The Kier molecular flexibility index (Phi) is 13.3. The second-order valence-electron chi connectivity index (χ2n) is 22.1. The molecule has 1 saturated carbocycles. The van der Waals surface area contributed by atoms with Crippen molar-refractivity contribution in [2.75, 3.05) is 37.4 Å². The van der Waals surface area contributed by atoms with Crippen molar-refractivity contribution < 1.29 is 46.3 Å². The Bertz CT molecular complexity index is 3020. The maximum absolute atomic E-state index is 16.4. The summed E-state index contributed by atoms with van der Waals surface area (Å²) in [5, 5.41) is 11.8. The minimum Gasteiger partial charge on any atom is -0.495 e. The van der Waals surface area contributed by atoms with Crippen LogP contribution >= 0.6 is 11.6 Å². The van der Waals surface area contributed by atoms with E-state index in [-0.39, 0.29) is 75.1 Å². The molecule has 4 aromatic rings. The van der Waals surface area contributed by atoms with Crippen molar-refractivity contribution in [3.05, 3.63) is 117 Å². The molecule has 4 fully saturated rings. The topological polar surface area (TPSA) is 162 Å². The van der Waals surface area contributed by atoms with Gasteiger partial charge in [0.1, 0.15) is 23.3 Å². The highest BCUT2D eigenvalue weighted by Crippen LogP contribution is 2.57. The molecule has 10 rings (SSSR count). The number of carbonyl (C=O) groups is 5. The van der Waals surface area contributed by atoms with Crippen LogP contribution < -0.4 is 26.0 Å². The van der Waals surface area contributed by atoms with E-state index in [1.807, 2.05) is 37.8 Å². The number of amides is 5. The molecular weight excluding hydrogens is 978 g/mol. The van der Waals surface area contributed by atoms with Crippen LogP contribution in [-0.4, -0.2) is 89.2 Å². The van der Waals surface area contributed by atoms with E-state index in [2.05, 4.69) is 38.1 Å². The summed E-state index contributed by atoms with van der Waals surface area (Å²) in [5.41, 5.74) is 1.17. The summed E-state index contributed by atoms with van der Waals surface area (Å²) < 4.78 is 63.8. The summed E-state index contributed by atoms with van der Waals surface area (Å²) in [6.45, 7) is 7.60. The van der Waals surface area contributed by atoms with E-state index in [9.17, 15) is 37.1 Å². The molecular formula is C56H58ClF4N7O6. The molecule has 1 aromatic heterocycles. The van der Waals surface area contributed by atoms with Gasteiger partial charge in [0, 0.05) is 90.0 Å². The van der Waals surface area contributed by atoms with Crippen molar-refractivity contribution >= 4 is 52.5 Å². The van der Waals surface area contributed by atoms with Crippen LogP contribution in [0.25, 0.3) is 0 Å². The molecule has 5 amide bonds. The van der Waals surface area contributed by atoms with Crippen molar-refractivity contribution in [3.8, 4) is 17.6 Å². The van der Waals surface area contributed by atoms with Gasteiger partial charge < -0.3 is 30.5 Å². The Hall–Kier alpha value is -6.51. The molecule has 6 heterocycles. The molecule has 3 saturated heterocycles. The van der Waals surface area contributed by atoms with Crippen molar-refractivity contribution in [2.24, 2.45) is 16.7 Å². The molecule has 3 aromatic carbocycles. The summed E-state index contributed by atoms with van der Waals surface area (Å²) in [6, 6.07) is 13.6. The number of likely N-dealkylation sites (tertiary alicyclic amines) is 1. The van der Waals surface area contributed by atoms with E-state index >= 15 is 4.39 Å². The van der Waals surface area contributed by atoms with Crippen molar-refractivity contribution in [1.82, 2.24) is 25.4 Å². The van der Waals surface area contributed by atoms with Crippen LogP contribution in [0, 0.1) is 34.4 Å². The van der Waals surface area contributed by atoms with E-state index in [4.69, 9.17) is 16.3 Å². The van der Waals surface area contributed by atoms with Gasteiger partial charge in [-0.15, -0.1) is 0 Å². The first-order valence-corrected chi connectivity index (χ1v) is 25.6. The largest absolute Gasteiger partial charge is 0.495 e. The third-order valence-corrected chi connectivity index (χ3v) is 16.7. The van der Waals surface area contributed by atoms with Crippen LogP contribution in [0.5, 0.6) is 5.75 Å². The van der Waals surface area contributed by atoms with E-state index in [0.29, 0.717) is 49.2 Å². The SMILES string of the molecule is COc1cc(C(=O)N2CCC3(CCC(C#Cc4ccc5c(c4)CN(C4CCC(=O)NC4=O)C5=O)CC3)CC2)ccc1NC(=O)[C@@H]1N[C@@H](CC(C)(C)C)[C@@]2(CNc3cc(C(F)(F)F)ncc32)[C@H]1c1cccc(Cl)c1F. The average Bonchev–Trinajstić information content (AvgIpc) is 4.01. The van der Waals surface area contributed by atoms with Crippen molar-refractivity contribution in [1.29, 1.82) is 0 Å². The Morgan fingerprint density at radius 3 is 2.43 bits per heavy atom. The minimum absolute atomic E-state index is 0.0897. The van der Waals surface area contributed by atoms with Crippen LogP contribution in [-0.2, 0) is 32.5 Å². The zero-order chi connectivity index (χ0) is 52.5. The zero-order valence-electron chi connectivity index (χ0n) is 41.6. The van der Waals surface area contributed by atoms with Crippen LogP contribution in [0.2, 0.25) is 5.02 Å². The number of benzene rings is 3. The first-order valence-electron chi connectivity index (χ1n) is 25.3. The second kappa shape index (κ2) is 19.3. The number of hydrogen-bond acceptors (Lipinski definition) is 9. The number of nitrogens with one attached hydrogen (secondary N) is 4. The monoisotopic (exact) mass is 1040 g/mol. The first-order chi connectivity index (χ1) is 35.2. The molecule has 1 unspecified atom stereocenters. The van der Waals surface area contributed by atoms with Crippen LogP contribution in [0.1, 0.15) is 133 Å². The number of piperidine rings is 2. The fourth-order valence-electron chi connectivity index (χ4n) is 12.5. The normalized spacial score (nSPS) is 24.5. The number of rotatable bonds is 7. The molecule has 5 atom stereocenters. The smallest absolute Gasteiger partial charge is 0.433 e. The standard InChI is InChI=1S/C56H58ClF4N7O6/c1-53(2,3)27-44-55(30-63-40-26-43(56(59,60)61)62-28-37(40)55)46(36-6-5-7-38(57)47(36)58)48(65-44)50(71)64-39-13-11-33(25-42(39)74-4)51(72)67-22-20-54(21-23-67)18-16-31(17-19-54)8-9-32-10-12-35-34(24-32)29-68(52(35)73)41-14-15-45(69)66-49(41)70/h5-7,10-13,24-26,28,31,41,44,46,48,63,65H,14-23,27,29-30H2,1-4H3,(H,64,71)(H,66,69,70)/t41?,44-,46-,48+,55-/m0/s1. The lowest BCUT2D eigenvalue weighted by Crippen LogP contribution is -2.52. The van der Waals surface area contributed by atoms with Gasteiger partial charge in [-0.25, -0.2) is 4.39 Å². The third kappa shape index (κ3) is 9.48. The number of fused-ring (bicyclic) bond motifs is 3. The average molecular weight is 1040 g/mol. The minimum atomic E-state index is -4.70. The fourth-order valence-corrected chi connectivity index (χ4v) is 12.7. The van der Waals surface area contributed by atoms with Gasteiger partial charge >= 0.3 is 6.18 Å². The number of imide groups is 1. The molecule has 6 aliphatic rings. The predicted molar refractivity (Wildman–Crippen MR) is 269 cm³/mol. The molecule has 1 aliphatic carbocycles. The number of methoxy groups -OCH3 is 1. The number of ether oxygens (including phenoxy) is 1. The summed E-state index contributed by atoms with van der Waals surface area (Å²) in [4.78, 5) is 73.4. The number of carbonyl (C=O) groups excluding carboxylic acids is 5. The molecule has 0 radical (unpaired) electrons. The lowest BCUT2D eigenvalue weighted by Gasteiger charge is -2.45. The summed E-state index contributed by atoms with van der Waals surface area (Å²) >= 11 is 6.38. The zero-order valence-corrected chi connectivity index (χ0v) is 42.4. The molecule has 388 valence electrons. The van der Waals surface area contributed by atoms with E-state index in [1.165, 1.54) is 24.3 Å². The molecule has 74 heavy (non-hydrogen) atoms. The number of nitrogens with zero attached hydrogens (tertiary/aromatic N) is 3. The Labute approximate surface area is 431 Å². The number of aromatic nitrogens is 1. The van der Waals surface area contributed by atoms with Gasteiger partial charge in [-0.3, -0.25) is 34.3 Å². The number of hydrogen-bond donors (Lipinski definition) is 4. The molecule has 5 aliphatic heterocycles. The Morgan fingerprint density at radius 1 is 0.973 bits per heavy atom. The Balaban J connectivity index is 0.798. The Morgan fingerprint density at radius 2 is 1.73 bits per heavy atom. The van der Waals surface area contributed by atoms with Gasteiger partial charge in [0.05, 0.1) is 23.9 Å². The maximum Gasteiger partial charge on any atom is 0.433 e. The molecule has 0 bridgehead atoms. The lowest BCUT2D eigenvalue weighted by atomic mass is 9.63. The number of alkyl halides is 3. The van der Waals surface area contributed by atoms with Crippen molar-refractivity contribution in [2.45, 2.75) is 121 Å². The third-order valence-electron chi connectivity index (χ3n) is 16.4. The highest BCUT2D eigenvalue weighted by molar-refractivity contribution is 6.30. The molecule has 18 heteroatoms. The van der Waals surface area contributed by atoms with E-state index < -0.39 is 59.0 Å². The summed E-state index contributed by atoms with van der Waals surface area (Å²) in [6.07, 6.45) is 3.03. The number of pyridine rings is 1. The van der Waals surface area contributed by atoms with Crippen LogP contribution in [0.4, 0.5) is 28.9 Å². The molecule has 4 N–H and O–H groups in total. The van der Waals surface area contributed by atoms with Gasteiger partial charge in [0.25, 0.3) is 11.8 Å². The maximum atomic E-state index is 16.4. The highest BCUT2D eigenvalue weighted by atomic mass is 35.5. The van der Waals surface area contributed by atoms with E-state index in [0.717, 1.165) is 55.7 Å². The van der Waals surface area contributed by atoms with E-state index in [1.54, 1.807) is 36.4 Å². The van der Waals surface area contributed by atoms with Crippen LogP contribution in [0.3, 0.4) is 0 Å². The predicted octanol–water partition coefficient (Wildman–Crippen LogP) is 8.99. The van der Waals surface area contributed by atoms with Gasteiger partial charge in [-0.05, 0) is 122 Å². The van der Waals surface area contributed by atoms with Crippen LogP contribution in [0.15, 0.2) is 66.9 Å². The number of anilines is 2. The van der Waals surface area contributed by atoms with Crippen molar-refractivity contribution in [3.63, 3.8) is 0 Å². The van der Waals surface area contributed by atoms with Gasteiger partial charge in [-0.2, -0.15) is 13.2 Å². The second-order valence-corrected chi connectivity index (χ2v) is 22.5. The molecule has 13 nitrogen and oxygen atoms in total. The number of halogens is 5. The highest BCUT2D eigenvalue weighted by Gasteiger charge is 2.62. The fraction of sp³-hybridized carbons (Fsp3) is 0.464. The van der Waals surface area contributed by atoms with Gasteiger partial charge in [0.15, 0.2) is 0 Å². The van der Waals surface area contributed by atoms with Gasteiger partial charge in [-0.1, -0.05) is 56.3 Å². The molecule has 2 spiro atoms. The lowest BCUT2D eigenvalue weighted by molar-refractivity contribution is -0.141.